The Balaban J connectivity index is 1.68. The Morgan fingerprint density at radius 3 is 2.52 bits per heavy atom. The fraction of sp³-hybridized carbons (Fsp3) is 0.562. The minimum Gasteiger partial charge on any atom is -0.353 e. The number of rotatable bonds is 5. The second-order valence-electron chi connectivity index (χ2n) is 5.53. The van der Waals surface area contributed by atoms with Crippen molar-refractivity contribution >= 4 is 11.8 Å². The molecule has 1 heterocycles. The van der Waals surface area contributed by atoms with Gasteiger partial charge in [0.05, 0.1) is 12.2 Å². The molecule has 0 unspecified atom stereocenters. The van der Waals surface area contributed by atoms with Gasteiger partial charge in [0.1, 0.15) is 6.42 Å². The molecule has 0 spiro atoms. The summed E-state index contributed by atoms with van der Waals surface area (Å²) in [5, 5.41) is 5.69. The van der Waals surface area contributed by atoms with E-state index in [1.807, 2.05) is 18.2 Å². The highest BCUT2D eigenvalue weighted by molar-refractivity contribution is 5.96. The molecule has 5 nitrogen and oxygen atoms in total. The monoisotopic (exact) mass is 289 g/mol. The van der Waals surface area contributed by atoms with Crippen LogP contribution in [0.3, 0.4) is 0 Å². The molecule has 114 valence electrons. The van der Waals surface area contributed by atoms with E-state index in [9.17, 15) is 9.59 Å². The maximum absolute atomic E-state index is 11.9. The number of carbonyl (C=O) groups excluding carboxylic acids is 2. The number of hydrogen-bond acceptors (Lipinski definition) is 3. The van der Waals surface area contributed by atoms with Gasteiger partial charge in [-0.2, -0.15) is 0 Å². The third-order valence-corrected chi connectivity index (χ3v) is 3.73. The van der Waals surface area contributed by atoms with Crippen molar-refractivity contribution in [3.8, 4) is 0 Å². The van der Waals surface area contributed by atoms with Gasteiger partial charge in [0, 0.05) is 12.2 Å². The van der Waals surface area contributed by atoms with Crippen LogP contribution in [0.4, 0.5) is 0 Å². The van der Waals surface area contributed by atoms with Crippen LogP contribution in [0.2, 0.25) is 0 Å². The number of nitrogens with zero attached hydrogens (tertiary/aromatic N) is 1. The maximum atomic E-state index is 11.9. The summed E-state index contributed by atoms with van der Waals surface area (Å²) in [5.41, 5.74) is 0.787. The van der Waals surface area contributed by atoms with Gasteiger partial charge in [-0.05, 0) is 25.0 Å². The summed E-state index contributed by atoms with van der Waals surface area (Å²) in [6, 6.07) is 5.77. The number of aromatic nitrogens is 1. The summed E-state index contributed by atoms with van der Waals surface area (Å²) in [7, 11) is 0. The van der Waals surface area contributed by atoms with Gasteiger partial charge in [-0.25, -0.2) is 0 Å². The van der Waals surface area contributed by atoms with Gasteiger partial charge in [-0.15, -0.1) is 0 Å². The van der Waals surface area contributed by atoms with Gasteiger partial charge < -0.3 is 10.6 Å². The zero-order chi connectivity index (χ0) is 14.9. The normalized spacial score (nSPS) is 16.0. The van der Waals surface area contributed by atoms with Crippen molar-refractivity contribution in [2.24, 2.45) is 0 Å². The molecule has 1 aromatic rings. The highest BCUT2D eigenvalue weighted by atomic mass is 16.2. The lowest BCUT2D eigenvalue weighted by Crippen LogP contribution is -2.37. The van der Waals surface area contributed by atoms with E-state index in [-0.39, 0.29) is 24.3 Å². The van der Waals surface area contributed by atoms with Gasteiger partial charge in [0.25, 0.3) is 0 Å². The molecule has 1 aliphatic carbocycles. The van der Waals surface area contributed by atoms with E-state index in [2.05, 4.69) is 15.6 Å². The van der Waals surface area contributed by atoms with E-state index >= 15 is 0 Å². The van der Waals surface area contributed by atoms with Crippen LogP contribution in [0.15, 0.2) is 24.4 Å². The lowest BCUT2D eigenvalue weighted by atomic mass is 10.1. The van der Waals surface area contributed by atoms with E-state index in [1.165, 1.54) is 12.8 Å². The van der Waals surface area contributed by atoms with Gasteiger partial charge in [0.2, 0.25) is 11.8 Å². The molecule has 21 heavy (non-hydrogen) atoms. The summed E-state index contributed by atoms with van der Waals surface area (Å²) >= 11 is 0. The van der Waals surface area contributed by atoms with Crippen molar-refractivity contribution in [2.75, 3.05) is 0 Å². The second-order valence-corrected chi connectivity index (χ2v) is 5.53. The summed E-state index contributed by atoms with van der Waals surface area (Å²) < 4.78 is 0. The van der Waals surface area contributed by atoms with Crippen molar-refractivity contribution in [3.05, 3.63) is 30.1 Å². The van der Waals surface area contributed by atoms with Crippen LogP contribution in [-0.4, -0.2) is 22.8 Å². The van der Waals surface area contributed by atoms with Gasteiger partial charge in [-0.3, -0.25) is 14.6 Å². The topological polar surface area (TPSA) is 71.1 Å². The molecule has 0 radical (unpaired) electrons. The number of amides is 2. The predicted molar refractivity (Wildman–Crippen MR) is 80.3 cm³/mol. The Kier molecular flexibility index (Phi) is 6.19. The van der Waals surface area contributed by atoms with Crippen LogP contribution < -0.4 is 10.6 Å². The van der Waals surface area contributed by atoms with Gasteiger partial charge in [0.15, 0.2) is 0 Å². The minimum absolute atomic E-state index is 0.108. The van der Waals surface area contributed by atoms with Crippen LogP contribution in [0.25, 0.3) is 0 Å². The molecular weight excluding hydrogens is 266 g/mol. The highest BCUT2D eigenvalue weighted by Gasteiger charge is 2.16. The van der Waals surface area contributed by atoms with Crippen molar-refractivity contribution in [3.63, 3.8) is 0 Å². The molecule has 0 aliphatic heterocycles. The molecule has 0 aromatic carbocycles. The fourth-order valence-electron chi connectivity index (χ4n) is 2.60. The minimum atomic E-state index is -0.258. The zero-order valence-electron chi connectivity index (χ0n) is 12.3. The SMILES string of the molecule is O=C(CC(=O)NC1CCCCCC1)NCc1ccccn1. The highest BCUT2D eigenvalue weighted by Crippen LogP contribution is 2.17. The van der Waals surface area contributed by atoms with Crippen LogP contribution in [-0.2, 0) is 16.1 Å². The molecule has 2 amide bonds. The average Bonchev–Trinajstić information content (AvgIpc) is 2.75. The molecule has 0 atom stereocenters. The Hall–Kier alpha value is -1.91. The lowest BCUT2D eigenvalue weighted by Gasteiger charge is -2.16. The summed E-state index contributed by atoms with van der Waals surface area (Å²) in [6.45, 7) is 0.358. The quantitative estimate of drug-likeness (QED) is 0.642. The van der Waals surface area contributed by atoms with Gasteiger partial charge in [-0.1, -0.05) is 31.7 Å². The fourth-order valence-corrected chi connectivity index (χ4v) is 2.60. The van der Waals surface area contributed by atoms with Crippen LogP contribution in [0.5, 0.6) is 0 Å². The molecule has 1 aromatic heterocycles. The predicted octanol–water partition coefficient (Wildman–Crippen LogP) is 1.93. The molecule has 5 heteroatoms. The molecule has 1 saturated carbocycles. The van der Waals surface area contributed by atoms with Crippen molar-refractivity contribution in [1.82, 2.24) is 15.6 Å². The molecule has 0 saturated heterocycles. The first-order valence-electron chi connectivity index (χ1n) is 7.70. The molecule has 1 aliphatic rings. The van der Waals surface area contributed by atoms with E-state index in [4.69, 9.17) is 0 Å². The lowest BCUT2D eigenvalue weighted by molar-refractivity contribution is -0.129. The van der Waals surface area contributed by atoms with Crippen molar-refractivity contribution < 1.29 is 9.59 Å². The Morgan fingerprint density at radius 1 is 1.10 bits per heavy atom. The van der Waals surface area contributed by atoms with E-state index in [1.54, 1.807) is 6.20 Å². The summed E-state index contributed by atoms with van der Waals surface area (Å²) in [4.78, 5) is 27.7. The van der Waals surface area contributed by atoms with Gasteiger partial charge >= 0.3 is 0 Å². The smallest absolute Gasteiger partial charge is 0.229 e. The Morgan fingerprint density at radius 2 is 1.86 bits per heavy atom. The average molecular weight is 289 g/mol. The summed E-state index contributed by atoms with van der Waals surface area (Å²) in [5.74, 6) is -0.438. The van der Waals surface area contributed by atoms with Crippen molar-refractivity contribution in [2.45, 2.75) is 57.5 Å². The van der Waals surface area contributed by atoms with Crippen LogP contribution in [0.1, 0.15) is 50.6 Å². The largest absolute Gasteiger partial charge is 0.353 e. The third-order valence-electron chi connectivity index (χ3n) is 3.73. The molecule has 0 bridgehead atoms. The van der Waals surface area contributed by atoms with Crippen LogP contribution >= 0.6 is 0 Å². The Bertz CT molecular complexity index is 454. The van der Waals surface area contributed by atoms with E-state index in [0.29, 0.717) is 6.54 Å². The number of hydrogen-bond donors (Lipinski definition) is 2. The molecule has 1 fully saturated rings. The zero-order valence-corrected chi connectivity index (χ0v) is 12.3. The Labute approximate surface area is 125 Å². The van der Waals surface area contributed by atoms with Crippen molar-refractivity contribution in [1.29, 1.82) is 0 Å². The van der Waals surface area contributed by atoms with Crippen LogP contribution in [0, 0.1) is 0 Å². The second kappa shape index (κ2) is 8.39. The first kappa shape index (κ1) is 15.5. The number of carbonyl (C=O) groups is 2. The first-order valence-corrected chi connectivity index (χ1v) is 7.70. The maximum Gasteiger partial charge on any atom is 0.229 e. The standard InChI is InChI=1S/C16H23N3O2/c20-15(18-12-14-9-5-6-10-17-14)11-16(21)19-13-7-3-1-2-4-8-13/h5-6,9-10,13H,1-4,7-8,11-12H2,(H,18,20)(H,19,21). The first-order chi connectivity index (χ1) is 10.2. The third kappa shape index (κ3) is 5.94. The molecule has 2 N–H and O–H groups in total. The molecule has 2 rings (SSSR count). The number of pyridine rings is 1. The number of nitrogens with one attached hydrogen (secondary N) is 2. The summed E-state index contributed by atoms with van der Waals surface area (Å²) in [6.07, 6.45) is 8.45. The molecular formula is C16H23N3O2. The van der Waals surface area contributed by atoms with E-state index < -0.39 is 0 Å². The van der Waals surface area contributed by atoms with E-state index in [0.717, 1.165) is 31.4 Å².